The van der Waals surface area contributed by atoms with Gasteiger partial charge in [0.1, 0.15) is 10.3 Å². The molecule has 6 nitrogen and oxygen atoms in total. The van der Waals surface area contributed by atoms with Crippen LogP contribution in [0.5, 0.6) is 0 Å². The Kier molecular flexibility index (Phi) is 14.7. The zero-order valence-electron chi connectivity index (χ0n) is 48.2. The molecule has 0 atom stereocenters. The molecule has 0 spiro atoms. The number of rotatable bonds is 8. The van der Waals surface area contributed by atoms with Gasteiger partial charge in [-0.25, -0.2) is 9.97 Å². The van der Waals surface area contributed by atoms with E-state index in [1.165, 1.54) is 123 Å². The average Bonchev–Trinajstić information content (AvgIpc) is 1.73. The topological polar surface area (TPSA) is 61.4 Å². The maximum absolute atomic E-state index is 5.44. The number of hydrogen-bond acceptors (Lipinski definition) is 4. The van der Waals surface area contributed by atoms with Gasteiger partial charge in [-0.1, -0.05) is 254 Å². The molecule has 89 heavy (non-hydrogen) atoms. The van der Waals surface area contributed by atoms with Gasteiger partial charge in [0.25, 0.3) is 0 Å². The first kappa shape index (κ1) is 54.6. The molecule has 0 saturated carbocycles. The van der Waals surface area contributed by atoms with Gasteiger partial charge in [-0.15, -0.1) is 0 Å². The number of halogens is 2. The molecule has 17 rings (SSSR count). The fraction of sp³-hybridized carbons (Fsp3) is 0.0123. The Hall–Kier alpha value is -11.0. The third-order valence-corrected chi connectivity index (χ3v) is 17.1. The monoisotopic (exact) mass is 1180 g/mol. The Morgan fingerprint density at radius 2 is 0.506 bits per heavy atom. The van der Waals surface area contributed by atoms with Gasteiger partial charge in [0.05, 0.1) is 46.9 Å². The molecule has 4 heterocycles. The van der Waals surface area contributed by atoms with E-state index in [1.54, 1.807) is 0 Å². The maximum Gasteiger partial charge on any atom is 0.158 e. The second-order valence-electron chi connectivity index (χ2n) is 22.1. The van der Waals surface area contributed by atoms with E-state index >= 15 is 0 Å². The molecule has 0 aliphatic heterocycles. The first-order chi connectivity index (χ1) is 43.9. The molecule has 16 aromatic rings. The van der Waals surface area contributed by atoms with Gasteiger partial charge in [0.15, 0.2) is 11.6 Å². The predicted molar refractivity (Wildman–Crippen MR) is 370 cm³/mol. The molecule has 1 aliphatic rings. The number of nitrogens with zero attached hydrogens (tertiary/aromatic N) is 6. The summed E-state index contributed by atoms with van der Waals surface area (Å²) >= 11 is 10.8. The molecular formula is C81H54Cl2N6. The zero-order chi connectivity index (χ0) is 59.6. The van der Waals surface area contributed by atoms with Crippen LogP contribution in [0.15, 0.2) is 316 Å². The molecule has 12 aromatic carbocycles. The summed E-state index contributed by atoms with van der Waals surface area (Å²) in [6.07, 6.45) is 7.65. The van der Waals surface area contributed by atoms with Crippen LogP contribution in [0.25, 0.3) is 133 Å². The second-order valence-corrected chi connectivity index (χ2v) is 22.9. The Bertz CT molecular complexity index is 4710. The van der Waals surface area contributed by atoms with Gasteiger partial charge in [0.2, 0.25) is 0 Å². The van der Waals surface area contributed by atoms with Crippen molar-refractivity contribution in [1.29, 1.82) is 0 Å². The highest BCUT2D eigenvalue weighted by Crippen LogP contribution is 2.43. The van der Waals surface area contributed by atoms with Crippen molar-refractivity contribution in [2.24, 2.45) is 0 Å². The summed E-state index contributed by atoms with van der Waals surface area (Å²) < 4.78 is 4.53. The second kappa shape index (κ2) is 24.0. The summed E-state index contributed by atoms with van der Waals surface area (Å²) in [5.41, 5.74) is 24.6. The standard InChI is InChI=1S/C52H34N4.C25H18.C4H2Cl2N2/c1-5-13-35(14-6-1)39-21-25-47-43(29-39)44-30-40(36-15-7-2-8-16-36)22-26-48(44)55(47)51-33-53-34-52(54-51)56-49-27-23-41(37-17-9-3-10-18-37)31-45(49)46-32-42(24-28-50(46)56)38-19-11-4-12-20-38;1-3-7-18(8-4-1)20-11-13-22-15-23-14-12-21(17-25(23)24(22)16-20)19-9-5-2-6-10-19;5-3-1-7-2-4(6)8-3/h1-34H;1-14,16-17H,15H2;1-2H. The molecule has 0 radical (unpaired) electrons. The van der Waals surface area contributed by atoms with Crippen LogP contribution in [-0.4, -0.2) is 29.1 Å². The SMILES string of the molecule is Clc1cncc(Cl)n1.c1ccc(-c2ccc3c(c2)-c2cc(-c4ccccc4)ccc2C3)cc1.c1ccc(-c2ccc3c(c2)c2cc(-c4ccccc4)ccc2n3-c2cncc(-n3c4ccc(-c5ccccc5)cc4c4cc(-c5ccccc5)ccc43)n2)cc1. The van der Waals surface area contributed by atoms with E-state index in [-0.39, 0.29) is 0 Å². The van der Waals surface area contributed by atoms with Crippen molar-refractivity contribution in [3.8, 4) is 89.5 Å². The lowest BCUT2D eigenvalue weighted by atomic mass is 9.96. The summed E-state index contributed by atoms with van der Waals surface area (Å²) in [4.78, 5) is 17.6. The minimum absolute atomic E-state index is 0.317. The molecule has 8 heteroatoms. The Morgan fingerprint density at radius 3 is 0.775 bits per heavy atom. The largest absolute Gasteiger partial charge is 0.292 e. The third-order valence-electron chi connectivity index (χ3n) is 16.7. The van der Waals surface area contributed by atoms with E-state index < -0.39 is 0 Å². The van der Waals surface area contributed by atoms with Crippen LogP contribution >= 0.6 is 23.2 Å². The highest BCUT2D eigenvalue weighted by atomic mass is 35.5. The molecule has 422 valence electrons. The number of aromatic nitrogens is 6. The van der Waals surface area contributed by atoms with Crippen LogP contribution in [-0.2, 0) is 6.42 Å². The third kappa shape index (κ3) is 10.9. The molecule has 0 fully saturated rings. The van der Waals surface area contributed by atoms with Crippen LogP contribution in [0, 0.1) is 0 Å². The lowest BCUT2D eigenvalue weighted by Crippen LogP contribution is -2.04. The molecular weight excluding hydrogens is 1130 g/mol. The zero-order valence-corrected chi connectivity index (χ0v) is 49.7. The maximum atomic E-state index is 5.44. The average molecular weight is 1180 g/mol. The lowest BCUT2D eigenvalue weighted by Gasteiger charge is -2.12. The van der Waals surface area contributed by atoms with Crippen molar-refractivity contribution < 1.29 is 0 Å². The summed E-state index contributed by atoms with van der Waals surface area (Å²) in [5, 5.41) is 5.32. The predicted octanol–water partition coefficient (Wildman–Crippen LogP) is 21.7. The van der Waals surface area contributed by atoms with E-state index in [2.05, 4.69) is 310 Å². The minimum atomic E-state index is 0.317. The molecule has 0 N–H and O–H groups in total. The van der Waals surface area contributed by atoms with E-state index in [4.69, 9.17) is 33.2 Å². The van der Waals surface area contributed by atoms with Gasteiger partial charge in [-0.05, 0) is 156 Å². The fourth-order valence-electron chi connectivity index (χ4n) is 12.5. The smallest absolute Gasteiger partial charge is 0.158 e. The summed E-state index contributed by atoms with van der Waals surface area (Å²) in [5.74, 6) is 1.53. The van der Waals surface area contributed by atoms with Crippen molar-refractivity contribution in [2.45, 2.75) is 6.42 Å². The Morgan fingerprint density at radius 1 is 0.247 bits per heavy atom. The Labute approximate surface area is 525 Å². The fourth-order valence-corrected chi connectivity index (χ4v) is 12.8. The van der Waals surface area contributed by atoms with Crippen molar-refractivity contribution in [1.82, 2.24) is 29.1 Å². The van der Waals surface area contributed by atoms with Gasteiger partial charge in [0, 0.05) is 21.5 Å². The molecule has 0 bridgehead atoms. The van der Waals surface area contributed by atoms with Crippen molar-refractivity contribution >= 4 is 66.8 Å². The normalized spacial score (nSPS) is 11.4. The molecule has 0 amide bonds. The number of benzene rings is 12. The molecule has 1 aliphatic carbocycles. The highest BCUT2D eigenvalue weighted by molar-refractivity contribution is 6.32. The quantitative estimate of drug-likeness (QED) is 0.152. The number of hydrogen-bond donors (Lipinski definition) is 0. The van der Waals surface area contributed by atoms with Crippen molar-refractivity contribution in [3.05, 3.63) is 337 Å². The minimum Gasteiger partial charge on any atom is -0.292 e. The van der Waals surface area contributed by atoms with Crippen LogP contribution in [0.4, 0.5) is 0 Å². The van der Waals surface area contributed by atoms with E-state index in [9.17, 15) is 0 Å². The summed E-state index contributed by atoms with van der Waals surface area (Å²) in [7, 11) is 0. The summed E-state index contributed by atoms with van der Waals surface area (Å²) in [6, 6.07) is 104. The highest BCUT2D eigenvalue weighted by Gasteiger charge is 2.22. The van der Waals surface area contributed by atoms with Crippen LogP contribution in [0.3, 0.4) is 0 Å². The van der Waals surface area contributed by atoms with Crippen molar-refractivity contribution in [3.63, 3.8) is 0 Å². The number of fused-ring (bicyclic) bond motifs is 9. The van der Waals surface area contributed by atoms with Gasteiger partial charge < -0.3 is 0 Å². The van der Waals surface area contributed by atoms with E-state index in [0.717, 1.165) is 40.1 Å². The van der Waals surface area contributed by atoms with Gasteiger partial charge >= 0.3 is 0 Å². The Balaban J connectivity index is 0.000000164. The first-order valence-electron chi connectivity index (χ1n) is 29.7. The summed E-state index contributed by atoms with van der Waals surface area (Å²) in [6.45, 7) is 0. The van der Waals surface area contributed by atoms with E-state index in [0.29, 0.717) is 10.3 Å². The lowest BCUT2D eigenvalue weighted by molar-refractivity contribution is 0.979. The molecule has 0 unspecified atom stereocenters. The van der Waals surface area contributed by atoms with Crippen LogP contribution in [0.2, 0.25) is 10.3 Å². The van der Waals surface area contributed by atoms with Gasteiger partial charge in [-0.2, -0.15) is 0 Å². The van der Waals surface area contributed by atoms with Crippen molar-refractivity contribution in [2.75, 3.05) is 0 Å². The van der Waals surface area contributed by atoms with E-state index in [1.807, 2.05) is 12.4 Å². The molecule has 0 saturated heterocycles. The molecule has 4 aromatic heterocycles. The van der Waals surface area contributed by atoms with Crippen LogP contribution < -0.4 is 0 Å². The first-order valence-corrected chi connectivity index (χ1v) is 30.4. The van der Waals surface area contributed by atoms with Gasteiger partial charge in [-0.3, -0.25) is 19.1 Å². The van der Waals surface area contributed by atoms with Crippen LogP contribution in [0.1, 0.15) is 11.1 Å².